The molecule has 0 aromatic carbocycles. The van der Waals surface area contributed by atoms with Gasteiger partial charge in [-0.25, -0.2) is 0 Å². The molecule has 1 heteroatoms. The fraction of sp³-hybridized carbons (Fsp3) is 0.917. The van der Waals surface area contributed by atoms with Crippen molar-refractivity contribution in [2.45, 2.75) is 143 Å². The van der Waals surface area contributed by atoms with Crippen LogP contribution in [-0.2, 0) is 0 Å². The van der Waals surface area contributed by atoms with Crippen LogP contribution in [0.4, 0.5) is 0 Å². The highest BCUT2D eigenvalue weighted by Gasteiger charge is 1.92. The highest BCUT2D eigenvalue weighted by Crippen LogP contribution is 2.11. The van der Waals surface area contributed by atoms with E-state index in [1.165, 1.54) is 116 Å². The van der Waals surface area contributed by atoms with Crippen LogP contribution in [0.1, 0.15) is 143 Å². The predicted octanol–water partition coefficient (Wildman–Crippen LogP) is 8.92. The summed E-state index contributed by atoms with van der Waals surface area (Å²) in [5, 5.41) is 0. The highest BCUT2D eigenvalue weighted by atomic mass is 14.5. The highest BCUT2D eigenvalue weighted by molar-refractivity contribution is 4.84. The molecule has 0 bridgehead atoms. The van der Waals surface area contributed by atoms with Gasteiger partial charge in [0.25, 0.3) is 0 Å². The van der Waals surface area contributed by atoms with E-state index in [1.54, 1.807) is 0 Å². The second kappa shape index (κ2) is 25.8. The summed E-state index contributed by atoms with van der Waals surface area (Å²) < 4.78 is 0. The minimum Gasteiger partial charge on any atom is -0.403 e. The van der Waals surface area contributed by atoms with Crippen molar-refractivity contribution in [3.05, 3.63) is 12.3 Å². The molecule has 1 nitrogen and oxygen atoms in total. The lowest BCUT2D eigenvalue weighted by Gasteiger charge is -2.01. The number of unbranched alkanes of at least 4 members (excludes halogenated alkanes) is 16. The minimum absolute atomic E-state index is 0.841. The standard InChI is InChI=1S/C13H27N.C11H24/c1-3-4-5-6-7-8-9-10-11-12-13(2)14;1-3-5-7-9-11-10-8-6-4-2/h2-12,14H2,1H3;3-11H2,1-2H3. The van der Waals surface area contributed by atoms with Crippen LogP contribution in [0.3, 0.4) is 0 Å². The molecule has 2 N–H and O–H groups in total. The lowest BCUT2D eigenvalue weighted by Crippen LogP contribution is -1.93. The number of allylic oxidation sites excluding steroid dienone is 1. The molecule has 0 rings (SSSR count). The van der Waals surface area contributed by atoms with Gasteiger partial charge in [-0.2, -0.15) is 0 Å². The van der Waals surface area contributed by atoms with Crippen LogP contribution in [0.5, 0.6) is 0 Å². The summed E-state index contributed by atoms with van der Waals surface area (Å²) in [6, 6.07) is 0. The van der Waals surface area contributed by atoms with Gasteiger partial charge in [0.05, 0.1) is 0 Å². The van der Waals surface area contributed by atoms with Gasteiger partial charge >= 0.3 is 0 Å². The molecular formula is C24H51N. The third-order valence-electron chi connectivity index (χ3n) is 4.81. The normalized spacial score (nSPS) is 10.4. The van der Waals surface area contributed by atoms with Gasteiger partial charge in [-0.05, 0) is 12.8 Å². The first-order valence-electron chi connectivity index (χ1n) is 11.6. The van der Waals surface area contributed by atoms with Crippen LogP contribution in [0.15, 0.2) is 12.3 Å². The number of hydrogen-bond donors (Lipinski definition) is 1. The van der Waals surface area contributed by atoms with E-state index in [-0.39, 0.29) is 0 Å². The number of nitrogens with two attached hydrogens (primary N) is 1. The summed E-state index contributed by atoms with van der Waals surface area (Å²) in [4.78, 5) is 0. The molecule has 0 unspecified atom stereocenters. The molecule has 0 atom stereocenters. The summed E-state index contributed by atoms with van der Waals surface area (Å²) in [5.74, 6) is 0. The zero-order chi connectivity index (χ0) is 19.0. The maximum absolute atomic E-state index is 5.49. The van der Waals surface area contributed by atoms with Gasteiger partial charge in [-0.15, -0.1) is 0 Å². The molecule has 0 saturated heterocycles. The molecule has 0 amide bonds. The first-order chi connectivity index (χ1) is 12.2. The Balaban J connectivity index is 0. The molecule has 0 aliphatic heterocycles. The Bertz CT molecular complexity index is 226. The first kappa shape index (κ1) is 26.8. The average Bonchev–Trinajstić information content (AvgIpc) is 2.60. The molecule has 0 saturated carbocycles. The molecule has 25 heavy (non-hydrogen) atoms. The molecule has 0 radical (unpaired) electrons. The molecule has 0 fully saturated rings. The monoisotopic (exact) mass is 353 g/mol. The fourth-order valence-electron chi connectivity index (χ4n) is 3.05. The second-order valence-electron chi connectivity index (χ2n) is 7.71. The average molecular weight is 354 g/mol. The van der Waals surface area contributed by atoms with Crippen LogP contribution in [0, 0.1) is 0 Å². The SMILES string of the molecule is C=C(N)CCCCCCCCCCC.CCCCCCCCCCC. The van der Waals surface area contributed by atoms with Crippen molar-refractivity contribution in [1.82, 2.24) is 0 Å². The van der Waals surface area contributed by atoms with Crippen LogP contribution in [0.2, 0.25) is 0 Å². The molecule has 0 aliphatic rings. The molecular weight excluding hydrogens is 302 g/mol. The molecule has 0 aliphatic carbocycles. The van der Waals surface area contributed by atoms with Crippen molar-refractivity contribution >= 4 is 0 Å². The van der Waals surface area contributed by atoms with E-state index in [9.17, 15) is 0 Å². The van der Waals surface area contributed by atoms with E-state index in [0.29, 0.717) is 0 Å². The van der Waals surface area contributed by atoms with Gasteiger partial charge in [0, 0.05) is 5.70 Å². The van der Waals surface area contributed by atoms with E-state index in [4.69, 9.17) is 5.73 Å². The van der Waals surface area contributed by atoms with E-state index in [2.05, 4.69) is 27.4 Å². The number of hydrogen-bond acceptors (Lipinski definition) is 1. The third kappa shape index (κ3) is 31.8. The summed E-state index contributed by atoms with van der Waals surface area (Å²) >= 11 is 0. The smallest absolute Gasteiger partial charge is 0.000744 e. The van der Waals surface area contributed by atoms with Crippen LogP contribution in [0.25, 0.3) is 0 Å². The van der Waals surface area contributed by atoms with Crippen molar-refractivity contribution in [2.24, 2.45) is 5.73 Å². The van der Waals surface area contributed by atoms with Gasteiger partial charge in [-0.1, -0.05) is 137 Å². The van der Waals surface area contributed by atoms with Crippen molar-refractivity contribution in [3.8, 4) is 0 Å². The molecule has 0 aromatic heterocycles. The van der Waals surface area contributed by atoms with Gasteiger partial charge in [0.2, 0.25) is 0 Å². The molecule has 0 aromatic rings. The minimum atomic E-state index is 0.841. The molecule has 0 spiro atoms. The Morgan fingerprint density at radius 2 is 0.720 bits per heavy atom. The quantitative estimate of drug-likeness (QED) is 0.244. The second-order valence-corrected chi connectivity index (χ2v) is 7.71. The lowest BCUT2D eigenvalue weighted by atomic mass is 10.1. The third-order valence-corrected chi connectivity index (χ3v) is 4.81. The lowest BCUT2D eigenvalue weighted by molar-refractivity contribution is 0.564. The summed E-state index contributed by atoms with van der Waals surface area (Å²) in [6.45, 7) is 10.5. The topological polar surface area (TPSA) is 26.0 Å². The Hall–Kier alpha value is -0.460. The van der Waals surface area contributed by atoms with E-state index < -0.39 is 0 Å². The van der Waals surface area contributed by atoms with Crippen LogP contribution >= 0.6 is 0 Å². The van der Waals surface area contributed by atoms with Gasteiger partial charge < -0.3 is 5.73 Å². The Morgan fingerprint density at radius 1 is 0.480 bits per heavy atom. The predicted molar refractivity (Wildman–Crippen MR) is 118 cm³/mol. The van der Waals surface area contributed by atoms with Crippen LogP contribution < -0.4 is 5.73 Å². The summed E-state index contributed by atoms with van der Waals surface area (Å²) in [7, 11) is 0. The summed E-state index contributed by atoms with van der Waals surface area (Å²) in [5.41, 5.74) is 6.33. The Kier molecular flexibility index (Phi) is 27.6. The van der Waals surface area contributed by atoms with Gasteiger partial charge in [0.1, 0.15) is 0 Å². The first-order valence-corrected chi connectivity index (χ1v) is 11.6. The van der Waals surface area contributed by atoms with Crippen molar-refractivity contribution < 1.29 is 0 Å². The fourth-order valence-corrected chi connectivity index (χ4v) is 3.05. The zero-order valence-corrected chi connectivity index (χ0v) is 18.2. The van der Waals surface area contributed by atoms with Crippen molar-refractivity contribution in [2.75, 3.05) is 0 Å². The van der Waals surface area contributed by atoms with Crippen LogP contribution in [-0.4, -0.2) is 0 Å². The molecule has 0 heterocycles. The Morgan fingerprint density at radius 3 is 0.960 bits per heavy atom. The maximum atomic E-state index is 5.49. The summed E-state index contributed by atoms with van der Waals surface area (Å²) in [6.07, 6.45) is 26.3. The zero-order valence-electron chi connectivity index (χ0n) is 18.2. The number of rotatable bonds is 18. The molecule has 152 valence electrons. The van der Waals surface area contributed by atoms with E-state index in [1.807, 2.05) is 0 Å². The Labute approximate surface area is 161 Å². The van der Waals surface area contributed by atoms with Crippen molar-refractivity contribution in [1.29, 1.82) is 0 Å². The van der Waals surface area contributed by atoms with E-state index >= 15 is 0 Å². The maximum Gasteiger partial charge on any atom is 0.000744 e. The van der Waals surface area contributed by atoms with Gasteiger partial charge in [0.15, 0.2) is 0 Å². The van der Waals surface area contributed by atoms with E-state index in [0.717, 1.165) is 12.1 Å². The largest absolute Gasteiger partial charge is 0.403 e. The van der Waals surface area contributed by atoms with Crippen molar-refractivity contribution in [3.63, 3.8) is 0 Å². The van der Waals surface area contributed by atoms with Gasteiger partial charge in [-0.3, -0.25) is 0 Å².